The van der Waals surface area contributed by atoms with Crippen LogP contribution in [0.4, 0.5) is 0 Å². The molecule has 1 aromatic rings. The minimum Gasteiger partial charge on any atom is -0.466 e. The van der Waals surface area contributed by atoms with Crippen molar-refractivity contribution in [2.75, 3.05) is 12.4 Å². The molecule has 0 aromatic carbocycles. The molecule has 0 spiro atoms. The normalized spacial score (nSPS) is 12.4. The average molecular weight is 246 g/mol. The number of nitrogens with zero attached hydrogens (tertiary/aromatic N) is 2. The van der Waals surface area contributed by atoms with Gasteiger partial charge in [-0.15, -0.1) is 10.2 Å². The van der Waals surface area contributed by atoms with Gasteiger partial charge in [-0.1, -0.05) is 11.8 Å². The van der Waals surface area contributed by atoms with E-state index in [4.69, 9.17) is 9.15 Å². The van der Waals surface area contributed by atoms with Crippen molar-refractivity contribution in [2.45, 2.75) is 31.6 Å². The summed E-state index contributed by atoms with van der Waals surface area (Å²) in [6, 6.07) is 0. The SMILES string of the molecule is CCOC(=O)CC(O)CSc1nnc(C)o1. The van der Waals surface area contributed by atoms with Gasteiger partial charge in [-0.3, -0.25) is 4.79 Å². The summed E-state index contributed by atoms with van der Waals surface area (Å²) in [5.41, 5.74) is 0. The number of carbonyl (C=O) groups is 1. The van der Waals surface area contributed by atoms with Crippen LogP contribution < -0.4 is 0 Å². The van der Waals surface area contributed by atoms with E-state index < -0.39 is 12.1 Å². The van der Waals surface area contributed by atoms with Gasteiger partial charge < -0.3 is 14.3 Å². The van der Waals surface area contributed by atoms with Gasteiger partial charge in [0.15, 0.2) is 0 Å². The number of aliphatic hydroxyl groups is 1. The van der Waals surface area contributed by atoms with Crippen LogP contribution in [0.3, 0.4) is 0 Å². The van der Waals surface area contributed by atoms with Crippen molar-refractivity contribution in [3.63, 3.8) is 0 Å². The highest BCUT2D eigenvalue weighted by Crippen LogP contribution is 2.17. The third kappa shape index (κ3) is 4.63. The largest absolute Gasteiger partial charge is 0.466 e. The van der Waals surface area contributed by atoms with Gasteiger partial charge in [-0.25, -0.2) is 0 Å². The van der Waals surface area contributed by atoms with Crippen LogP contribution in [0.2, 0.25) is 0 Å². The van der Waals surface area contributed by atoms with E-state index in [1.54, 1.807) is 13.8 Å². The molecular weight excluding hydrogens is 232 g/mol. The number of carbonyl (C=O) groups excluding carboxylic acids is 1. The molecule has 1 N–H and O–H groups in total. The first-order valence-corrected chi connectivity index (χ1v) is 5.87. The third-order valence-corrected chi connectivity index (χ3v) is 2.58. The fourth-order valence-electron chi connectivity index (χ4n) is 0.975. The molecule has 1 rings (SSSR count). The molecule has 6 nitrogen and oxygen atoms in total. The van der Waals surface area contributed by atoms with Gasteiger partial charge in [-0.2, -0.15) is 0 Å². The summed E-state index contributed by atoms with van der Waals surface area (Å²) < 4.78 is 9.81. The molecule has 16 heavy (non-hydrogen) atoms. The second-order valence-electron chi connectivity index (χ2n) is 3.06. The molecule has 90 valence electrons. The average Bonchev–Trinajstić information content (AvgIpc) is 2.61. The molecule has 0 bridgehead atoms. The Morgan fingerprint density at radius 3 is 2.94 bits per heavy atom. The molecule has 1 unspecified atom stereocenters. The van der Waals surface area contributed by atoms with Crippen molar-refractivity contribution in [3.8, 4) is 0 Å². The number of ether oxygens (including phenoxy) is 1. The van der Waals surface area contributed by atoms with Gasteiger partial charge in [0.25, 0.3) is 5.22 Å². The number of esters is 1. The third-order valence-electron chi connectivity index (χ3n) is 1.61. The highest BCUT2D eigenvalue weighted by atomic mass is 32.2. The fraction of sp³-hybridized carbons (Fsp3) is 0.667. The molecule has 1 aromatic heterocycles. The quantitative estimate of drug-likeness (QED) is 0.586. The van der Waals surface area contributed by atoms with E-state index >= 15 is 0 Å². The number of aromatic nitrogens is 2. The van der Waals surface area contributed by atoms with Crippen LogP contribution in [0.25, 0.3) is 0 Å². The lowest BCUT2D eigenvalue weighted by Crippen LogP contribution is -2.17. The number of aliphatic hydroxyl groups excluding tert-OH is 1. The van der Waals surface area contributed by atoms with E-state index in [0.717, 1.165) is 0 Å². The summed E-state index contributed by atoms with van der Waals surface area (Å²) in [4.78, 5) is 11.0. The van der Waals surface area contributed by atoms with E-state index in [0.29, 0.717) is 23.5 Å². The predicted molar refractivity (Wildman–Crippen MR) is 57.0 cm³/mol. The molecule has 7 heteroatoms. The van der Waals surface area contributed by atoms with E-state index in [9.17, 15) is 9.90 Å². The highest BCUT2D eigenvalue weighted by molar-refractivity contribution is 7.99. The Bertz CT molecular complexity index is 342. The Balaban J connectivity index is 2.24. The standard InChI is InChI=1S/C9H14N2O4S/c1-3-14-8(13)4-7(12)5-16-9-11-10-6(2)15-9/h7,12H,3-5H2,1-2H3. The van der Waals surface area contributed by atoms with Crippen LogP contribution in [0.5, 0.6) is 0 Å². The molecule has 0 amide bonds. The van der Waals surface area contributed by atoms with Crippen LogP contribution in [0.15, 0.2) is 9.64 Å². The molecule has 0 aliphatic heterocycles. The smallest absolute Gasteiger partial charge is 0.308 e. The molecule has 0 fully saturated rings. The van der Waals surface area contributed by atoms with Crippen molar-refractivity contribution in [1.82, 2.24) is 10.2 Å². The first kappa shape index (κ1) is 13.0. The van der Waals surface area contributed by atoms with Gasteiger partial charge in [0.2, 0.25) is 5.89 Å². The van der Waals surface area contributed by atoms with Crippen LogP contribution in [-0.4, -0.2) is 39.7 Å². The van der Waals surface area contributed by atoms with Crippen molar-refractivity contribution >= 4 is 17.7 Å². The summed E-state index contributed by atoms with van der Waals surface area (Å²) in [6.45, 7) is 3.73. The number of rotatable bonds is 6. The van der Waals surface area contributed by atoms with Gasteiger partial charge >= 0.3 is 5.97 Å². The maximum atomic E-state index is 11.0. The lowest BCUT2D eigenvalue weighted by Gasteiger charge is -2.07. The molecule has 0 saturated heterocycles. The lowest BCUT2D eigenvalue weighted by molar-refractivity contribution is -0.144. The van der Waals surface area contributed by atoms with Gasteiger partial charge in [-0.05, 0) is 6.92 Å². The first-order chi connectivity index (χ1) is 7.61. The molecule has 0 aliphatic rings. The zero-order valence-electron chi connectivity index (χ0n) is 9.17. The zero-order valence-corrected chi connectivity index (χ0v) is 9.99. The second-order valence-corrected chi connectivity index (χ2v) is 4.03. The maximum absolute atomic E-state index is 11.0. The molecule has 0 saturated carbocycles. The van der Waals surface area contributed by atoms with E-state index in [2.05, 4.69) is 10.2 Å². The topological polar surface area (TPSA) is 85.5 Å². The number of hydrogen-bond acceptors (Lipinski definition) is 7. The Labute approximate surface area is 97.4 Å². The fourth-order valence-corrected chi connectivity index (χ4v) is 1.71. The van der Waals surface area contributed by atoms with Crippen molar-refractivity contribution in [1.29, 1.82) is 0 Å². The summed E-state index contributed by atoms with van der Waals surface area (Å²) in [5, 5.41) is 17.3. The van der Waals surface area contributed by atoms with E-state index in [1.807, 2.05) is 0 Å². The lowest BCUT2D eigenvalue weighted by atomic mass is 10.3. The summed E-state index contributed by atoms with van der Waals surface area (Å²) in [6.07, 6.45) is -0.787. The van der Waals surface area contributed by atoms with Crippen LogP contribution in [0.1, 0.15) is 19.2 Å². The molecule has 1 atom stereocenters. The summed E-state index contributed by atoms with van der Waals surface area (Å²) in [5.74, 6) is 0.389. The molecule has 0 radical (unpaired) electrons. The van der Waals surface area contributed by atoms with Crippen molar-refractivity contribution < 1.29 is 19.1 Å². The van der Waals surface area contributed by atoms with E-state index in [1.165, 1.54) is 11.8 Å². The molecular formula is C9H14N2O4S. The minimum atomic E-state index is -0.767. The first-order valence-electron chi connectivity index (χ1n) is 4.88. The van der Waals surface area contributed by atoms with Crippen molar-refractivity contribution in [2.24, 2.45) is 0 Å². The highest BCUT2D eigenvalue weighted by Gasteiger charge is 2.13. The number of aryl methyl sites for hydroxylation is 1. The van der Waals surface area contributed by atoms with Gasteiger partial charge in [0.1, 0.15) is 0 Å². The van der Waals surface area contributed by atoms with Crippen LogP contribution in [0, 0.1) is 6.92 Å². The van der Waals surface area contributed by atoms with Crippen molar-refractivity contribution in [3.05, 3.63) is 5.89 Å². The Kier molecular flexibility index (Phi) is 5.27. The number of hydrogen-bond donors (Lipinski definition) is 1. The predicted octanol–water partition coefficient (Wildman–Crippen LogP) is 0.784. The second kappa shape index (κ2) is 6.49. The van der Waals surface area contributed by atoms with E-state index in [-0.39, 0.29) is 6.42 Å². The Morgan fingerprint density at radius 1 is 1.62 bits per heavy atom. The van der Waals surface area contributed by atoms with Crippen LogP contribution >= 0.6 is 11.8 Å². The minimum absolute atomic E-state index is 0.0199. The van der Waals surface area contributed by atoms with Gasteiger partial charge in [0.05, 0.1) is 19.1 Å². The molecule has 1 heterocycles. The van der Waals surface area contributed by atoms with Crippen LogP contribution in [-0.2, 0) is 9.53 Å². The zero-order chi connectivity index (χ0) is 12.0. The van der Waals surface area contributed by atoms with Gasteiger partial charge in [0, 0.05) is 12.7 Å². The Morgan fingerprint density at radius 2 is 2.38 bits per heavy atom. The molecule has 0 aliphatic carbocycles. The summed E-state index contributed by atoms with van der Waals surface area (Å²) >= 11 is 1.21. The maximum Gasteiger partial charge on any atom is 0.308 e. The monoisotopic (exact) mass is 246 g/mol. The Hall–Kier alpha value is -1.08. The summed E-state index contributed by atoms with van der Waals surface area (Å²) in [7, 11) is 0. The number of thioether (sulfide) groups is 1.